The van der Waals surface area contributed by atoms with Gasteiger partial charge < -0.3 is 9.80 Å². The summed E-state index contributed by atoms with van der Waals surface area (Å²) >= 11 is 1.65. The van der Waals surface area contributed by atoms with E-state index in [0.717, 1.165) is 54.8 Å². The van der Waals surface area contributed by atoms with Gasteiger partial charge >= 0.3 is 0 Å². The number of imidazole rings is 1. The highest BCUT2D eigenvalue weighted by Gasteiger charge is 2.31. The Labute approximate surface area is 152 Å². The lowest BCUT2D eigenvalue weighted by Gasteiger charge is -2.32. The average Bonchev–Trinajstić information content (AvgIpc) is 3.29. The Morgan fingerprint density at radius 3 is 2.44 bits per heavy atom. The molecule has 0 aliphatic carbocycles. The van der Waals surface area contributed by atoms with Gasteiger partial charge in [0.15, 0.2) is 0 Å². The number of aromatic nitrogens is 3. The van der Waals surface area contributed by atoms with Crippen LogP contribution in [-0.2, 0) is 10.2 Å². The van der Waals surface area contributed by atoms with Crippen molar-refractivity contribution >= 4 is 27.3 Å². The molecule has 0 spiro atoms. The van der Waals surface area contributed by atoms with Crippen LogP contribution < -0.4 is 4.90 Å². The number of fused-ring (bicyclic) bond motifs is 1. The summed E-state index contributed by atoms with van der Waals surface area (Å²) in [6, 6.07) is 0. The molecule has 0 radical (unpaired) electrons. The first-order chi connectivity index (χ1) is 11.9. The Kier molecular flexibility index (Phi) is 4.22. The zero-order chi connectivity index (χ0) is 17.6. The van der Waals surface area contributed by atoms with Crippen LogP contribution in [0.15, 0.2) is 6.20 Å². The zero-order valence-corrected chi connectivity index (χ0v) is 16.2. The summed E-state index contributed by atoms with van der Waals surface area (Å²) in [5.74, 6) is 0.576. The van der Waals surface area contributed by atoms with E-state index in [1.807, 2.05) is 10.7 Å². The molecule has 7 heteroatoms. The van der Waals surface area contributed by atoms with Gasteiger partial charge in [-0.25, -0.2) is 9.50 Å². The van der Waals surface area contributed by atoms with Crippen molar-refractivity contribution in [2.24, 2.45) is 5.92 Å². The molecule has 0 aromatic carbocycles. The Morgan fingerprint density at radius 2 is 1.84 bits per heavy atom. The van der Waals surface area contributed by atoms with Crippen molar-refractivity contribution in [3.63, 3.8) is 0 Å². The van der Waals surface area contributed by atoms with Crippen molar-refractivity contribution in [1.29, 1.82) is 0 Å². The van der Waals surface area contributed by atoms with Crippen molar-refractivity contribution < 1.29 is 4.79 Å². The molecule has 0 bridgehead atoms. The van der Waals surface area contributed by atoms with Gasteiger partial charge in [-0.3, -0.25) is 4.79 Å². The van der Waals surface area contributed by atoms with E-state index in [4.69, 9.17) is 10.1 Å². The Balaban J connectivity index is 1.41. The first kappa shape index (κ1) is 16.8. The van der Waals surface area contributed by atoms with Gasteiger partial charge in [-0.05, 0) is 25.7 Å². The minimum atomic E-state index is 0.0435. The molecule has 136 valence electrons. The van der Waals surface area contributed by atoms with Crippen LogP contribution in [-0.4, -0.2) is 51.6 Å². The summed E-state index contributed by atoms with van der Waals surface area (Å²) < 4.78 is 1.90. The fraction of sp³-hybridized carbons (Fsp3) is 0.722. The number of amides is 1. The van der Waals surface area contributed by atoms with Crippen molar-refractivity contribution in [2.45, 2.75) is 51.9 Å². The Morgan fingerprint density at radius 1 is 1.16 bits per heavy atom. The fourth-order valence-electron chi connectivity index (χ4n) is 3.69. The maximum Gasteiger partial charge on any atom is 0.225 e. The standard InChI is InChI=1S/C18H27N5OS/c1-18(2,3)14-12-23-16(19-14)25-17(20-23)22-10-6-13(7-11-22)15(24)21-8-4-5-9-21/h12-13H,4-11H2,1-3H3. The lowest BCUT2D eigenvalue weighted by atomic mass is 9.93. The maximum absolute atomic E-state index is 12.6. The van der Waals surface area contributed by atoms with E-state index in [2.05, 4.69) is 30.6 Å². The van der Waals surface area contributed by atoms with E-state index in [-0.39, 0.29) is 11.3 Å². The molecule has 0 N–H and O–H groups in total. The second-order valence-corrected chi connectivity index (χ2v) is 9.22. The molecule has 2 fully saturated rings. The van der Waals surface area contributed by atoms with Crippen LogP contribution >= 0.6 is 11.3 Å². The SMILES string of the molecule is CC(C)(C)c1cn2nc(N3CCC(C(=O)N4CCCC4)CC3)sc2n1. The molecule has 2 aliphatic heterocycles. The molecule has 2 aromatic heterocycles. The molecule has 0 unspecified atom stereocenters. The predicted molar refractivity (Wildman–Crippen MR) is 100 cm³/mol. The number of likely N-dealkylation sites (tertiary alicyclic amines) is 1. The smallest absolute Gasteiger partial charge is 0.225 e. The molecule has 4 heterocycles. The van der Waals surface area contributed by atoms with Crippen LogP contribution in [0.1, 0.15) is 52.1 Å². The third-order valence-electron chi connectivity index (χ3n) is 5.33. The summed E-state index contributed by atoms with van der Waals surface area (Å²) in [6.07, 6.45) is 6.24. The summed E-state index contributed by atoms with van der Waals surface area (Å²) in [7, 11) is 0. The van der Waals surface area contributed by atoms with E-state index in [1.165, 1.54) is 12.8 Å². The van der Waals surface area contributed by atoms with Gasteiger partial charge in [-0.2, -0.15) is 0 Å². The molecule has 1 amide bonds. The number of anilines is 1. The highest BCUT2D eigenvalue weighted by molar-refractivity contribution is 7.20. The molecule has 2 saturated heterocycles. The van der Waals surface area contributed by atoms with Crippen LogP contribution in [0, 0.1) is 5.92 Å². The van der Waals surface area contributed by atoms with Crippen molar-refractivity contribution in [3.05, 3.63) is 11.9 Å². The van der Waals surface area contributed by atoms with Crippen LogP contribution in [0.3, 0.4) is 0 Å². The summed E-state index contributed by atoms with van der Waals surface area (Å²) in [5, 5.41) is 5.74. The number of nitrogens with zero attached hydrogens (tertiary/aromatic N) is 5. The molecule has 6 nitrogen and oxygen atoms in total. The van der Waals surface area contributed by atoms with E-state index in [9.17, 15) is 4.79 Å². The minimum absolute atomic E-state index is 0.0435. The third kappa shape index (κ3) is 3.26. The Hall–Kier alpha value is -1.63. The second kappa shape index (κ2) is 6.27. The highest BCUT2D eigenvalue weighted by atomic mass is 32.1. The number of hydrogen-bond donors (Lipinski definition) is 0. The van der Waals surface area contributed by atoms with Crippen LogP contribution in [0.25, 0.3) is 4.96 Å². The molecular weight excluding hydrogens is 334 g/mol. The molecule has 0 atom stereocenters. The first-order valence-corrected chi connectivity index (χ1v) is 10.1. The summed E-state index contributed by atoms with van der Waals surface area (Å²) in [5.41, 5.74) is 1.12. The van der Waals surface area contributed by atoms with Crippen molar-refractivity contribution in [2.75, 3.05) is 31.1 Å². The number of piperidine rings is 1. The largest absolute Gasteiger partial charge is 0.347 e. The van der Waals surface area contributed by atoms with Crippen molar-refractivity contribution in [3.8, 4) is 0 Å². The molecule has 0 saturated carbocycles. The van der Waals surface area contributed by atoms with E-state index >= 15 is 0 Å². The van der Waals surface area contributed by atoms with E-state index < -0.39 is 0 Å². The fourth-order valence-corrected chi connectivity index (χ4v) is 4.63. The lowest BCUT2D eigenvalue weighted by molar-refractivity contribution is -0.135. The topological polar surface area (TPSA) is 53.7 Å². The molecule has 2 aliphatic rings. The van der Waals surface area contributed by atoms with Gasteiger partial charge in [0.2, 0.25) is 16.0 Å². The molecule has 25 heavy (non-hydrogen) atoms. The monoisotopic (exact) mass is 361 g/mol. The van der Waals surface area contributed by atoms with E-state index in [1.54, 1.807) is 11.3 Å². The second-order valence-electron chi connectivity index (χ2n) is 8.28. The number of hydrogen-bond acceptors (Lipinski definition) is 5. The van der Waals surface area contributed by atoms with Gasteiger partial charge in [-0.1, -0.05) is 32.1 Å². The molecule has 4 rings (SSSR count). The van der Waals surface area contributed by atoms with Crippen LogP contribution in [0.5, 0.6) is 0 Å². The van der Waals surface area contributed by atoms with Gasteiger partial charge in [0.25, 0.3) is 0 Å². The quantitative estimate of drug-likeness (QED) is 0.825. The van der Waals surface area contributed by atoms with Gasteiger partial charge in [0.05, 0.1) is 11.9 Å². The van der Waals surface area contributed by atoms with Gasteiger partial charge in [0.1, 0.15) is 0 Å². The van der Waals surface area contributed by atoms with Gasteiger partial charge in [0, 0.05) is 37.5 Å². The lowest BCUT2D eigenvalue weighted by Crippen LogP contribution is -2.41. The number of carbonyl (C=O) groups excluding carboxylic acids is 1. The summed E-state index contributed by atoms with van der Waals surface area (Å²) in [6.45, 7) is 10.2. The van der Waals surface area contributed by atoms with E-state index in [0.29, 0.717) is 5.91 Å². The van der Waals surface area contributed by atoms with Gasteiger partial charge in [-0.15, -0.1) is 5.10 Å². The number of rotatable bonds is 2. The third-order valence-corrected chi connectivity index (χ3v) is 6.32. The first-order valence-electron chi connectivity index (χ1n) is 9.32. The maximum atomic E-state index is 12.6. The molecular formula is C18H27N5OS. The highest BCUT2D eigenvalue weighted by Crippen LogP contribution is 2.30. The zero-order valence-electron chi connectivity index (χ0n) is 15.4. The molecule has 2 aromatic rings. The number of carbonyl (C=O) groups is 1. The predicted octanol–water partition coefficient (Wildman–Crippen LogP) is 2.93. The minimum Gasteiger partial charge on any atom is -0.347 e. The van der Waals surface area contributed by atoms with Crippen molar-refractivity contribution in [1.82, 2.24) is 19.5 Å². The average molecular weight is 362 g/mol. The van der Waals surface area contributed by atoms with Crippen LogP contribution in [0.2, 0.25) is 0 Å². The summed E-state index contributed by atoms with van der Waals surface area (Å²) in [4.78, 5) is 22.6. The Bertz CT molecular complexity index is 729. The normalized spacial score (nSPS) is 20.0. The van der Waals surface area contributed by atoms with Crippen LogP contribution in [0.4, 0.5) is 5.13 Å².